The molecule has 7 aromatic carbocycles. The van der Waals surface area contributed by atoms with Gasteiger partial charge in [-0.1, -0.05) is 158 Å². The first-order valence-electron chi connectivity index (χ1n) is 17.9. The molecule has 0 unspecified atom stereocenters. The number of hydrogen-bond acceptors (Lipinski definition) is 2. The van der Waals surface area contributed by atoms with Gasteiger partial charge < -0.3 is 9.80 Å². The molecule has 1 heterocycles. The van der Waals surface area contributed by atoms with E-state index in [1.165, 1.54) is 55.3 Å². The lowest BCUT2D eigenvalue weighted by atomic mass is 9.97. The molecule has 2 heteroatoms. The summed E-state index contributed by atoms with van der Waals surface area (Å²) >= 11 is 0. The fourth-order valence-corrected chi connectivity index (χ4v) is 6.99. The number of benzene rings is 7. The van der Waals surface area contributed by atoms with Crippen molar-refractivity contribution in [1.29, 1.82) is 0 Å². The van der Waals surface area contributed by atoms with Crippen molar-refractivity contribution in [2.24, 2.45) is 0 Å². The molecule has 1 aliphatic heterocycles. The van der Waals surface area contributed by atoms with Crippen LogP contribution in [-0.2, 0) is 0 Å². The lowest BCUT2D eigenvalue weighted by Gasteiger charge is -2.38. The Balaban J connectivity index is 1.27. The molecule has 0 bridgehead atoms. The fourth-order valence-electron chi connectivity index (χ4n) is 6.99. The molecule has 52 heavy (non-hydrogen) atoms. The van der Waals surface area contributed by atoms with E-state index in [0.29, 0.717) is 0 Å². The number of allylic oxidation sites excluding steroid dienone is 4. The Hall–Kier alpha value is -6.64. The predicted octanol–water partition coefficient (Wildman–Crippen LogP) is 13.3. The van der Waals surface area contributed by atoms with E-state index in [0.717, 1.165) is 22.7 Å². The zero-order valence-electron chi connectivity index (χ0n) is 29.5. The third-order valence-electron chi connectivity index (χ3n) is 9.81. The van der Waals surface area contributed by atoms with E-state index in [1.54, 1.807) is 0 Å². The molecule has 250 valence electrons. The maximum atomic E-state index is 2.35. The predicted molar refractivity (Wildman–Crippen MR) is 222 cm³/mol. The first kappa shape index (κ1) is 32.6. The van der Waals surface area contributed by atoms with Crippen molar-refractivity contribution in [3.8, 4) is 0 Å². The van der Waals surface area contributed by atoms with Gasteiger partial charge in [-0.05, 0) is 106 Å². The zero-order chi connectivity index (χ0) is 35.3. The van der Waals surface area contributed by atoms with Crippen molar-refractivity contribution in [3.63, 3.8) is 0 Å². The van der Waals surface area contributed by atoms with E-state index in [4.69, 9.17) is 0 Å². The quantitative estimate of drug-likeness (QED) is 0.149. The summed E-state index contributed by atoms with van der Waals surface area (Å²) in [6.07, 6.45) is 13.3. The Kier molecular flexibility index (Phi) is 9.19. The monoisotopic (exact) mass is 668 g/mol. The lowest BCUT2D eigenvalue weighted by molar-refractivity contribution is 1.15. The summed E-state index contributed by atoms with van der Waals surface area (Å²) in [5.74, 6) is 0. The van der Waals surface area contributed by atoms with Gasteiger partial charge in [-0.25, -0.2) is 0 Å². The summed E-state index contributed by atoms with van der Waals surface area (Å²) < 4.78 is 0. The van der Waals surface area contributed by atoms with Crippen molar-refractivity contribution in [2.75, 3.05) is 9.80 Å². The van der Waals surface area contributed by atoms with Crippen LogP contribution in [0.3, 0.4) is 0 Å². The van der Waals surface area contributed by atoms with Crippen molar-refractivity contribution in [1.82, 2.24) is 0 Å². The summed E-state index contributed by atoms with van der Waals surface area (Å²) in [7, 11) is 0. The van der Waals surface area contributed by atoms with Crippen molar-refractivity contribution in [2.45, 2.75) is 13.8 Å². The van der Waals surface area contributed by atoms with Gasteiger partial charge >= 0.3 is 0 Å². The van der Waals surface area contributed by atoms with Gasteiger partial charge in [-0.15, -0.1) is 0 Å². The normalized spacial score (nSPS) is 12.2. The van der Waals surface area contributed by atoms with E-state index in [1.807, 2.05) is 0 Å². The van der Waals surface area contributed by atoms with Crippen LogP contribution in [0.15, 0.2) is 207 Å². The number of aryl methyl sites for hydroxylation is 2. The Bertz CT molecular complexity index is 2200. The molecule has 0 saturated heterocycles. The van der Waals surface area contributed by atoms with Crippen LogP contribution in [0.2, 0.25) is 0 Å². The number of fused-ring (bicyclic) bond motifs is 3. The van der Waals surface area contributed by atoms with Crippen molar-refractivity contribution < 1.29 is 0 Å². The molecule has 0 aliphatic carbocycles. The average molecular weight is 669 g/mol. The minimum atomic E-state index is 1.13. The third-order valence-corrected chi connectivity index (χ3v) is 9.81. The van der Waals surface area contributed by atoms with E-state index in [-0.39, 0.29) is 0 Å². The van der Waals surface area contributed by atoms with Crippen LogP contribution in [-0.4, -0.2) is 0 Å². The first-order valence-corrected chi connectivity index (χ1v) is 17.9. The maximum Gasteiger partial charge on any atom is 0.0703 e. The highest BCUT2D eigenvalue weighted by Crippen LogP contribution is 2.50. The van der Waals surface area contributed by atoms with Crippen molar-refractivity contribution >= 4 is 44.7 Å². The highest BCUT2D eigenvalue weighted by Gasteiger charge is 2.27. The van der Waals surface area contributed by atoms with Gasteiger partial charge in [0.05, 0.1) is 22.7 Å². The van der Waals surface area contributed by atoms with Crippen LogP contribution in [0.4, 0.5) is 22.7 Å². The molecule has 0 aromatic heterocycles. The molecular weight excluding hydrogens is 629 g/mol. The number of anilines is 4. The van der Waals surface area contributed by atoms with Crippen LogP contribution in [0.25, 0.3) is 21.9 Å². The average Bonchev–Trinajstić information content (AvgIpc) is 3.20. The van der Waals surface area contributed by atoms with Crippen LogP contribution < -0.4 is 9.80 Å². The van der Waals surface area contributed by atoms with Gasteiger partial charge in [0.1, 0.15) is 0 Å². The maximum absolute atomic E-state index is 2.35. The molecule has 0 saturated carbocycles. The van der Waals surface area contributed by atoms with Gasteiger partial charge in [0.15, 0.2) is 0 Å². The second-order valence-corrected chi connectivity index (χ2v) is 13.2. The second kappa shape index (κ2) is 14.7. The van der Waals surface area contributed by atoms with E-state index < -0.39 is 0 Å². The molecule has 0 N–H and O–H groups in total. The third kappa shape index (κ3) is 6.63. The molecule has 0 spiro atoms. The smallest absolute Gasteiger partial charge is 0.0703 e. The summed E-state index contributed by atoms with van der Waals surface area (Å²) in [6, 6.07) is 60.4. The molecule has 8 rings (SSSR count). The van der Waals surface area contributed by atoms with Crippen LogP contribution in [0.5, 0.6) is 0 Å². The van der Waals surface area contributed by atoms with E-state index in [9.17, 15) is 0 Å². The summed E-state index contributed by atoms with van der Waals surface area (Å²) in [5, 5.41) is 2.41. The topological polar surface area (TPSA) is 6.48 Å². The molecule has 0 amide bonds. The minimum Gasteiger partial charge on any atom is -0.313 e. The Morgan fingerprint density at radius 3 is 0.981 bits per heavy atom. The first-order chi connectivity index (χ1) is 25.6. The highest BCUT2D eigenvalue weighted by molar-refractivity contribution is 6.02. The molecule has 0 radical (unpaired) electrons. The van der Waals surface area contributed by atoms with Crippen LogP contribution in [0.1, 0.15) is 33.4 Å². The van der Waals surface area contributed by atoms with Crippen LogP contribution in [0, 0.1) is 13.8 Å². The van der Waals surface area contributed by atoms with Gasteiger partial charge in [0.2, 0.25) is 0 Å². The van der Waals surface area contributed by atoms with Gasteiger partial charge in [0, 0.05) is 12.4 Å². The number of hydrogen-bond donors (Lipinski definition) is 0. The molecule has 0 fully saturated rings. The Labute approximate surface area is 307 Å². The summed E-state index contributed by atoms with van der Waals surface area (Å²) in [4.78, 5) is 4.71. The Morgan fingerprint density at radius 1 is 0.365 bits per heavy atom. The van der Waals surface area contributed by atoms with Gasteiger partial charge in [0.25, 0.3) is 0 Å². The number of rotatable bonds is 8. The Morgan fingerprint density at radius 2 is 0.654 bits per heavy atom. The molecule has 0 atom stereocenters. The molecule has 7 aromatic rings. The fraction of sp³-hybridized carbons (Fsp3) is 0.0400. The highest BCUT2D eigenvalue weighted by atomic mass is 15.3. The standard InChI is InChI=1S/C50H40N2/c1-37-33-47-48(34-38(37)2)52(32-18-30-46(41-23-11-5-12-24-41)42-25-13-6-14-26-42)50-36-44-28-16-15-27-43(44)35-49(50)51(47)31-17-29-45(39-19-7-3-8-20-39)40-21-9-4-10-22-40/h3-36H,1-2H3/b31-17+,32-18+. The zero-order valence-corrected chi connectivity index (χ0v) is 29.5. The SMILES string of the molecule is Cc1cc2c(cc1C)N(/C=C/C=C(c1ccccc1)c1ccccc1)c1cc3ccccc3cc1N2/C=C/C=C(c1ccccc1)c1ccccc1. The largest absolute Gasteiger partial charge is 0.313 e. The second-order valence-electron chi connectivity index (χ2n) is 13.2. The van der Waals surface area contributed by atoms with Crippen molar-refractivity contribution in [3.05, 3.63) is 240 Å². The minimum absolute atomic E-state index is 1.13. The summed E-state index contributed by atoms with van der Waals surface area (Å²) in [6.45, 7) is 4.40. The van der Waals surface area contributed by atoms with Gasteiger partial charge in [-0.2, -0.15) is 0 Å². The molecule has 2 nitrogen and oxygen atoms in total. The molecular formula is C50H40N2. The molecule has 1 aliphatic rings. The van der Waals surface area contributed by atoms with Crippen LogP contribution >= 0.6 is 0 Å². The lowest BCUT2D eigenvalue weighted by Crippen LogP contribution is -2.23. The van der Waals surface area contributed by atoms with Gasteiger partial charge in [-0.3, -0.25) is 0 Å². The number of nitrogens with zero attached hydrogens (tertiary/aromatic N) is 2. The van der Waals surface area contributed by atoms with E-state index >= 15 is 0 Å². The summed E-state index contributed by atoms with van der Waals surface area (Å²) in [5.41, 5.74) is 14.1. The van der Waals surface area contributed by atoms with E-state index in [2.05, 4.69) is 230 Å².